The Labute approximate surface area is 163 Å². The molecule has 0 bridgehead atoms. The quantitative estimate of drug-likeness (QED) is 0.741. The molecule has 0 saturated carbocycles. The lowest BCUT2D eigenvalue weighted by molar-refractivity contribution is -0.128. The van der Waals surface area contributed by atoms with Crippen LogP contribution in [-0.2, 0) is 4.79 Å². The van der Waals surface area contributed by atoms with Crippen LogP contribution in [0.3, 0.4) is 0 Å². The number of nitrogens with one attached hydrogen (secondary N) is 1. The predicted molar refractivity (Wildman–Crippen MR) is 106 cm³/mol. The standard InChI is InChI=1S/C19H22N8O/c1-15(28)25-8-5-9-26(11-10-25)17-12-18(21-13-20-17)27-14-22-19(24-27)23-16-6-3-2-4-7-16/h2-4,6-7,12-14H,5,8-11H2,1H3,(H,23,24). The van der Waals surface area contributed by atoms with Crippen molar-refractivity contribution >= 4 is 23.4 Å². The van der Waals surface area contributed by atoms with Gasteiger partial charge in [0.25, 0.3) is 0 Å². The lowest BCUT2D eigenvalue weighted by atomic mass is 10.3. The van der Waals surface area contributed by atoms with Gasteiger partial charge in [-0.2, -0.15) is 4.98 Å². The van der Waals surface area contributed by atoms with Crippen LogP contribution in [-0.4, -0.2) is 61.7 Å². The fourth-order valence-corrected chi connectivity index (χ4v) is 3.18. The Bertz CT molecular complexity index is 942. The van der Waals surface area contributed by atoms with E-state index >= 15 is 0 Å². The van der Waals surface area contributed by atoms with Crippen LogP contribution in [0.4, 0.5) is 17.5 Å². The number of benzene rings is 1. The molecule has 3 heterocycles. The van der Waals surface area contributed by atoms with Gasteiger partial charge in [0.15, 0.2) is 5.82 Å². The van der Waals surface area contributed by atoms with Gasteiger partial charge in [-0.1, -0.05) is 18.2 Å². The van der Waals surface area contributed by atoms with Crippen LogP contribution in [0, 0.1) is 0 Å². The van der Waals surface area contributed by atoms with E-state index in [1.165, 1.54) is 6.33 Å². The number of amides is 1. The molecule has 0 aliphatic carbocycles. The molecule has 1 aliphatic rings. The van der Waals surface area contributed by atoms with Crippen LogP contribution in [0.5, 0.6) is 0 Å². The van der Waals surface area contributed by atoms with Gasteiger partial charge in [0.1, 0.15) is 18.5 Å². The predicted octanol–water partition coefficient (Wildman–Crippen LogP) is 1.86. The van der Waals surface area contributed by atoms with Gasteiger partial charge in [-0.15, -0.1) is 5.10 Å². The fourth-order valence-electron chi connectivity index (χ4n) is 3.18. The number of hydrogen-bond acceptors (Lipinski definition) is 7. The van der Waals surface area contributed by atoms with Gasteiger partial charge in [-0.25, -0.2) is 14.6 Å². The van der Waals surface area contributed by atoms with Crippen molar-refractivity contribution in [3.05, 3.63) is 49.1 Å². The molecule has 1 amide bonds. The number of carbonyl (C=O) groups excluding carboxylic acids is 1. The Morgan fingerprint density at radius 2 is 1.82 bits per heavy atom. The molecule has 2 aromatic heterocycles. The summed E-state index contributed by atoms with van der Waals surface area (Å²) in [5, 5.41) is 7.61. The minimum Gasteiger partial charge on any atom is -0.355 e. The molecule has 1 aliphatic heterocycles. The number of aromatic nitrogens is 5. The van der Waals surface area contributed by atoms with Crippen LogP contribution < -0.4 is 10.2 Å². The summed E-state index contributed by atoms with van der Waals surface area (Å²) < 4.78 is 1.62. The first-order valence-corrected chi connectivity index (χ1v) is 9.26. The Morgan fingerprint density at radius 1 is 1.00 bits per heavy atom. The van der Waals surface area contributed by atoms with Gasteiger partial charge >= 0.3 is 0 Å². The number of anilines is 3. The number of nitrogens with zero attached hydrogens (tertiary/aromatic N) is 7. The van der Waals surface area contributed by atoms with Crippen molar-refractivity contribution in [3.63, 3.8) is 0 Å². The molecule has 9 nitrogen and oxygen atoms in total. The van der Waals surface area contributed by atoms with E-state index in [0.29, 0.717) is 18.3 Å². The second kappa shape index (κ2) is 8.03. The molecule has 1 aromatic carbocycles. The molecule has 1 fully saturated rings. The van der Waals surface area contributed by atoms with E-state index in [9.17, 15) is 4.79 Å². The third-order valence-electron chi connectivity index (χ3n) is 4.66. The fraction of sp³-hybridized carbons (Fsp3) is 0.316. The third kappa shape index (κ3) is 4.08. The van der Waals surface area contributed by atoms with Crippen molar-refractivity contribution in [2.45, 2.75) is 13.3 Å². The van der Waals surface area contributed by atoms with Gasteiger partial charge in [-0.3, -0.25) is 4.79 Å². The molecule has 1 N–H and O–H groups in total. The minimum absolute atomic E-state index is 0.117. The van der Waals surface area contributed by atoms with E-state index in [0.717, 1.165) is 37.6 Å². The molecule has 1 saturated heterocycles. The molecular formula is C19H22N8O. The highest BCUT2D eigenvalue weighted by molar-refractivity contribution is 5.73. The van der Waals surface area contributed by atoms with Crippen LogP contribution in [0.2, 0.25) is 0 Å². The summed E-state index contributed by atoms with van der Waals surface area (Å²) in [5.74, 6) is 2.08. The molecule has 4 rings (SSSR count). The van der Waals surface area contributed by atoms with Crippen LogP contribution in [0.1, 0.15) is 13.3 Å². The van der Waals surface area contributed by atoms with Crippen molar-refractivity contribution in [1.82, 2.24) is 29.6 Å². The Hall–Kier alpha value is -3.49. The molecule has 144 valence electrons. The molecule has 0 radical (unpaired) electrons. The van der Waals surface area contributed by atoms with Crippen molar-refractivity contribution in [2.24, 2.45) is 0 Å². The van der Waals surface area contributed by atoms with Gasteiger partial charge in [0.05, 0.1) is 0 Å². The third-order valence-corrected chi connectivity index (χ3v) is 4.66. The van der Waals surface area contributed by atoms with E-state index in [2.05, 4.69) is 30.3 Å². The van der Waals surface area contributed by atoms with Crippen molar-refractivity contribution < 1.29 is 4.79 Å². The van der Waals surface area contributed by atoms with Gasteiger partial charge in [0, 0.05) is 44.9 Å². The van der Waals surface area contributed by atoms with E-state index in [4.69, 9.17) is 0 Å². The zero-order chi connectivity index (χ0) is 19.3. The molecule has 0 atom stereocenters. The van der Waals surface area contributed by atoms with Gasteiger partial charge in [0.2, 0.25) is 11.9 Å². The average molecular weight is 378 g/mol. The SMILES string of the molecule is CC(=O)N1CCCN(c2cc(-n3cnc(Nc4ccccc4)n3)ncn2)CC1. The zero-order valence-corrected chi connectivity index (χ0v) is 15.7. The van der Waals surface area contributed by atoms with Gasteiger partial charge in [-0.05, 0) is 18.6 Å². The summed E-state index contributed by atoms with van der Waals surface area (Å²) >= 11 is 0. The summed E-state index contributed by atoms with van der Waals surface area (Å²) in [6.45, 7) is 4.68. The monoisotopic (exact) mass is 378 g/mol. The van der Waals surface area contributed by atoms with E-state index in [1.807, 2.05) is 41.3 Å². The van der Waals surface area contributed by atoms with E-state index in [1.54, 1.807) is 17.9 Å². The second-order valence-electron chi connectivity index (χ2n) is 6.58. The first-order valence-electron chi connectivity index (χ1n) is 9.26. The second-order valence-corrected chi connectivity index (χ2v) is 6.58. The van der Waals surface area contributed by atoms with Crippen molar-refractivity contribution in [1.29, 1.82) is 0 Å². The molecule has 0 unspecified atom stereocenters. The van der Waals surface area contributed by atoms with E-state index < -0.39 is 0 Å². The maximum atomic E-state index is 11.6. The highest BCUT2D eigenvalue weighted by Gasteiger charge is 2.18. The van der Waals surface area contributed by atoms with Crippen LogP contribution >= 0.6 is 0 Å². The highest BCUT2D eigenvalue weighted by Crippen LogP contribution is 2.17. The highest BCUT2D eigenvalue weighted by atomic mass is 16.2. The zero-order valence-electron chi connectivity index (χ0n) is 15.7. The number of rotatable bonds is 4. The topological polar surface area (TPSA) is 92.1 Å². The minimum atomic E-state index is 0.117. The maximum Gasteiger partial charge on any atom is 0.247 e. The Morgan fingerprint density at radius 3 is 2.64 bits per heavy atom. The smallest absolute Gasteiger partial charge is 0.247 e. The summed E-state index contributed by atoms with van der Waals surface area (Å²) in [4.78, 5) is 28.7. The van der Waals surface area contributed by atoms with Crippen molar-refractivity contribution in [3.8, 4) is 5.82 Å². The molecular weight excluding hydrogens is 356 g/mol. The average Bonchev–Trinajstić information content (AvgIpc) is 3.03. The van der Waals surface area contributed by atoms with Crippen molar-refractivity contribution in [2.75, 3.05) is 36.4 Å². The van der Waals surface area contributed by atoms with Gasteiger partial charge < -0.3 is 15.1 Å². The lowest BCUT2D eigenvalue weighted by Gasteiger charge is -2.22. The summed E-state index contributed by atoms with van der Waals surface area (Å²) in [6.07, 6.45) is 4.06. The first kappa shape index (κ1) is 17.9. The largest absolute Gasteiger partial charge is 0.355 e. The molecule has 28 heavy (non-hydrogen) atoms. The van der Waals surface area contributed by atoms with Crippen LogP contribution in [0.15, 0.2) is 49.1 Å². The number of para-hydroxylation sites is 1. The van der Waals surface area contributed by atoms with Crippen LogP contribution in [0.25, 0.3) is 5.82 Å². The normalized spacial score (nSPS) is 14.6. The number of hydrogen-bond donors (Lipinski definition) is 1. The molecule has 9 heteroatoms. The maximum absolute atomic E-state index is 11.6. The Kier molecular flexibility index (Phi) is 5.14. The first-order chi connectivity index (χ1) is 13.7. The summed E-state index contributed by atoms with van der Waals surface area (Å²) in [7, 11) is 0. The van der Waals surface area contributed by atoms with E-state index in [-0.39, 0.29) is 5.91 Å². The summed E-state index contributed by atoms with van der Waals surface area (Å²) in [6, 6.07) is 11.7. The summed E-state index contributed by atoms with van der Waals surface area (Å²) in [5.41, 5.74) is 0.920. The molecule has 0 spiro atoms. The lowest BCUT2D eigenvalue weighted by Crippen LogP contribution is -2.33. The number of carbonyl (C=O) groups is 1. The Balaban J connectivity index is 1.49. The molecule has 3 aromatic rings.